The number of hydrogen-bond donors (Lipinski definition) is 2. The lowest BCUT2D eigenvalue weighted by atomic mass is 10.1. The predicted octanol–water partition coefficient (Wildman–Crippen LogP) is 0.476. The van der Waals surface area contributed by atoms with Crippen LogP contribution < -0.4 is 15.5 Å². The Morgan fingerprint density at radius 1 is 1.43 bits per heavy atom. The number of amides is 1. The van der Waals surface area contributed by atoms with Crippen LogP contribution in [0.4, 0.5) is 11.6 Å². The van der Waals surface area contributed by atoms with E-state index in [2.05, 4.69) is 20.6 Å². The Kier molecular flexibility index (Phi) is 4.95. The van der Waals surface area contributed by atoms with Crippen LogP contribution in [0.25, 0.3) is 0 Å². The number of carbonyl (C=O) groups excluding carboxylic acids is 1. The van der Waals surface area contributed by atoms with Gasteiger partial charge >= 0.3 is 0 Å². The second kappa shape index (κ2) is 6.71. The molecule has 0 aliphatic carbocycles. The van der Waals surface area contributed by atoms with Gasteiger partial charge in [0.1, 0.15) is 23.5 Å². The highest BCUT2D eigenvalue weighted by Gasteiger charge is 2.31. The molecule has 1 fully saturated rings. The lowest BCUT2D eigenvalue weighted by Gasteiger charge is -2.36. The fourth-order valence-corrected chi connectivity index (χ4v) is 2.50. The van der Waals surface area contributed by atoms with Crippen LogP contribution in [0, 0.1) is 13.8 Å². The maximum atomic E-state index is 12.2. The lowest BCUT2D eigenvalue weighted by Crippen LogP contribution is -2.54. The zero-order valence-electron chi connectivity index (χ0n) is 13.1. The average molecular weight is 293 g/mol. The molecule has 1 aliphatic heterocycles. The van der Waals surface area contributed by atoms with E-state index < -0.39 is 0 Å². The van der Waals surface area contributed by atoms with E-state index in [-0.39, 0.29) is 11.9 Å². The molecule has 0 saturated carbocycles. The molecule has 1 unspecified atom stereocenters. The molecule has 1 atom stereocenters. The van der Waals surface area contributed by atoms with E-state index in [4.69, 9.17) is 4.74 Å². The number of nitrogens with one attached hydrogen (secondary N) is 2. The molecule has 0 spiro atoms. The Morgan fingerprint density at radius 3 is 2.86 bits per heavy atom. The maximum Gasteiger partial charge on any atom is 0.245 e. The molecule has 7 heteroatoms. The summed E-state index contributed by atoms with van der Waals surface area (Å²) in [4.78, 5) is 23.2. The van der Waals surface area contributed by atoms with Crippen molar-refractivity contribution in [2.24, 2.45) is 0 Å². The van der Waals surface area contributed by atoms with Gasteiger partial charge in [0.25, 0.3) is 0 Å². The normalized spacial score (nSPS) is 18.5. The van der Waals surface area contributed by atoms with E-state index in [1.54, 1.807) is 0 Å². The minimum Gasteiger partial charge on any atom is -0.377 e. The van der Waals surface area contributed by atoms with Crippen molar-refractivity contribution in [3.05, 3.63) is 11.4 Å². The van der Waals surface area contributed by atoms with E-state index in [1.807, 2.05) is 32.7 Å². The summed E-state index contributed by atoms with van der Waals surface area (Å²) >= 11 is 0. The van der Waals surface area contributed by atoms with Crippen LogP contribution in [0.3, 0.4) is 0 Å². The van der Waals surface area contributed by atoms with Crippen LogP contribution in [0.2, 0.25) is 0 Å². The highest BCUT2D eigenvalue weighted by molar-refractivity contribution is 5.85. The Balaban J connectivity index is 2.37. The SMILES string of the molecule is CCNC(=O)C1COCCN1c1nc(C)nc(NC)c1C. The molecular formula is C14H23N5O2. The molecule has 1 saturated heterocycles. The van der Waals surface area contributed by atoms with Crippen LogP contribution in [0.1, 0.15) is 18.3 Å². The molecule has 0 aromatic carbocycles. The fraction of sp³-hybridized carbons (Fsp3) is 0.643. The summed E-state index contributed by atoms with van der Waals surface area (Å²) in [5.74, 6) is 2.24. The van der Waals surface area contributed by atoms with Gasteiger partial charge < -0.3 is 20.3 Å². The first kappa shape index (κ1) is 15.5. The predicted molar refractivity (Wildman–Crippen MR) is 81.7 cm³/mol. The number of anilines is 2. The van der Waals surface area contributed by atoms with Crippen molar-refractivity contribution >= 4 is 17.5 Å². The van der Waals surface area contributed by atoms with Gasteiger partial charge in [-0.05, 0) is 20.8 Å². The highest BCUT2D eigenvalue weighted by atomic mass is 16.5. The summed E-state index contributed by atoms with van der Waals surface area (Å²) < 4.78 is 5.47. The molecule has 0 bridgehead atoms. The zero-order chi connectivity index (χ0) is 15.4. The molecule has 2 heterocycles. The summed E-state index contributed by atoms with van der Waals surface area (Å²) in [7, 11) is 1.83. The Morgan fingerprint density at radius 2 is 2.19 bits per heavy atom. The molecule has 2 N–H and O–H groups in total. The smallest absolute Gasteiger partial charge is 0.245 e. The average Bonchev–Trinajstić information content (AvgIpc) is 2.49. The van der Waals surface area contributed by atoms with Crippen LogP contribution >= 0.6 is 0 Å². The quantitative estimate of drug-likeness (QED) is 0.840. The number of ether oxygens (including phenoxy) is 1. The Bertz CT molecular complexity index is 520. The van der Waals surface area contributed by atoms with Gasteiger partial charge in [-0.3, -0.25) is 4.79 Å². The fourth-order valence-electron chi connectivity index (χ4n) is 2.50. The van der Waals surface area contributed by atoms with E-state index in [1.165, 1.54) is 0 Å². The van der Waals surface area contributed by atoms with E-state index in [0.29, 0.717) is 32.1 Å². The zero-order valence-corrected chi connectivity index (χ0v) is 13.1. The van der Waals surface area contributed by atoms with E-state index >= 15 is 0 Å². The topological polar surface area (TPSA) is 79.4 Å². The number of likely N-dealkylation sites (N-methyl/N-ethyl adjacent to an activating group) is 1. The monoisotopic (exact) mass is 293 g/mol. The minimum absolute atomic E-state index is 0.0288. The van der Waals surface area contributed by atoms with Crippen molar-refractivity contribution in [2.45, 2.75) is 26.8 Å². The number of hydrogen-bond acceptors (Lipinski definition) is 6. The highest BCUT2D eigenvalue weighted by Crippen LogP contribution is 2.26. The van der Waals surface area contributed by atoms with Crippen molar-refractivity contribution < 1.29 is 9.53 Å². The van der Waals surface area contributed by atoms with Gasteiger partial charge in [0.2, 0.25) is 5.91 Å². The first-order chi connectivity index (χ1) is 10.1. The van der Waals surface area contributed by atoms with Gasteiger partial charge in [0.15, 0.2) is 0 Å². The van der Waals surface area contributed by atoms with Gasteiger partial charge in [0, 0.05) is 25.7 Å². The summed E-state index contributed by atoms with van der Waals surface area (Å²) in [6, 6.07) is -0.351. The summed E-state index contributed by atoms with van der Waals surface area (Å²) in [5.41, 5.74) is 0.944. The van der Waals surface area contributed by atoms with Crippen LogP contribution in [0.5, 0.6) is 0 Å². The summed E-state index contributed by atoms with van der Waals surface area (Å²) in [6.45, 7) is 7.94. The van der Waals surface area contributed by atoms with Gasteiger partial charge in [-0.2, -0.15) is 0 Å². The third-order valence-electron chi connectivity index (χ3n) is 3.52. The molecule has 2 rings (SSSR count). The van der Waals surface area contributed by atoms with Crippen molar-refractivity contribution in [1.82, 2.24) is 15.3 Å². The molecule has 7 nitrogen and oxygen atoms in total. The molecule has 116 valence electrons. The summed E-state index contributed by atoms with van der Waals surface area (Å²) in [6.07, 6.45) is 0. The van der Waals surface area contributed by atoms with Crippen LogP contribution in [-0.4, -0.2) is 55.3 Å². The van der Waals surface area contributed by atoms with Crippen molar-refractivity contribution in [3.8, 4) is 0 Å². The number of carbonyl (C=O) groups is 1. The molecule has 1 aromatic rings. The van der Waals surface area contributed by atoms with Gasteiger partial charge in [-0.1, -0.05) is 0 Å². The first-order valence-corrected chi connectivity index (χ1v) is 7.23. The summed E-state index contributed by atoms with van der Waals surface area (Å²) in [5, 5.41) is 5.93. The molecule has 0 radical (unpaired) electrons. The van der Waals surface area contributed by atoms with Gasteiger partial charge in [0.05, 0.1) is 13.2 Å². The molecular weight excluding hydrogens is 270 g/mol. The third kappa shape index (κ3) is 3.24. The van der Waals surface area contributed by atoms with E-state index in [9.17, 15) is 4.79 Å². The standard InChI is InChI=1S/C14H23N5O2/c1-5-16-14(20)11-8-21-7-6-19(11)13-9(2)12(15-4)17-10(3)18-13/h11H,5-8H2,1-4H3,(H,16,20)(H,15,17,18). The minimum atomic E-state index is -0.351. The van der Waals surface area contributed by atoms with Gasteiger partial charge in [-0.15, -0.1) is 0 Å². The number of nitrogens with zero attached hydrogens (tertiary/aromatic N) is 3. The third-order valence-corrected chi connectivity index (χ3v) is 3.52. The number of morpholine rings is 1. The van der Waals surface area contributed by atoms with E-state index in [0.717, 1.165) is 17.2 Å². The largest absolute Gasteiger partial charge is 0.377 e. The Hall–Kier alpha value is -1.89. The molecule has 21 heavy (non-hydrogen) atoms. The second-order valence-corrected chi connectivity index (χ2v) is 5.00. The molecule has 1 aliphatic rings. The lowest BCUT2D eigenvalue weighted by molar-refractivity contribution is -0.124. The van der Waals surface area contributed by atoms with Crippen molar-refractivity contribution in [1.29, 1.82) is 0 Å². The van der Waals surface area contributed by atoms with Crippen LogP contribution in [-0.2, 0) is 9.53 Å². The van der Waals surface area contributed by atoms with Gasteiger partial charge in [-0.25, -0.2) is 9.97 Å². The van der Waals surface area contributed by atoms with Crippen molar-refractivity contribution in [2.75, 3.05) is 43.6 Å². The maximum absolute atomic E-state index is 12.2. The molecule has 1 amide bonds. The second-order valence-electron chi connectivity index (χ2n) is 5.00. The molecule has 1 aromatic heterocycles. The Labute approximate surface area is 125 Å². The van der Waals surface area contributed by atoms with Crippen molar-refractivity contribution in [3.63, 3.8) is 0 Å². The van der Waals surface area contributed by atoms with Crippen LogP contribution in [0.15, 0.2) is 0 Å². The number of rotatable bonds is 4. The first-order valence-electron chi connectivity index (χ1n) is 7.23. The number of aryl methyl sites for hydroxylation is 1. The number of aromatic nitrogens is 2.